The Balaban J connectivity index is 2.47. The van der Waals surface area contributed by atoms with Crippen LogP contribution in [0.15, 0.2) is 36.4 Å². The molecule has 92 valence electrons. The van der Waals surface area contributed by atoms with E-state index in [1.807, 2.05) is 0 Å². The second-order valence-electron chi connectivity index (χ2n) is 3.97. The quantitative estimate of drug-likeness (QED) is 0.743. The van der Waals surface area contributed by atoms with E-state index in [1.165, 1.54) is 12.1 Å². The topological polar surface area (TPSA) is 17.1 Å². The summed E-state index contributed by atoms with van der Waals surface area (Å²) in [6, 6.07) is 6.40. The first-order valence-electron chi connectivity index (χ1n) is 5.24. The van der Waals surface area contributed by atoms with Crippen LogP contribution < -0.4 is 0 Å². The Bertz CT molecular complexity index is 600. The summed E-state index contributed by atoms with van der Waals surface area (Å²) in [5, 5.41) is 0. The summed E-state index contributed by atoms with van der Waals surface area (Å²) < 4.78 is 39.3. The lowest BCUT2D eigenvalue weighted by atomic mass is 10.0. The Morgan fingerprint density at radius 2 is 1.67 bits per heavy atom. The van der Waals surface area contributed by atoms with Crippen molar-refractivity contribution in [1.82, 2.24) is 0 Å². The van der Waals surface area contributed by atoms with Crippen LogP contribution in [0.25, 0.3) is 0 Å². The maximum Gasteiger partial charge on any atom is 0.196 e. The number of carbonyl (C=O) groups is 1. The molecule has 0 saturated heterocycles. The minimum atomic E-state index is -0.957. The minimum Gasteiger partial charge on any atom is -0.288 e. The van der Waals surface area contributed by atoms with Gasteiger partial charge in [0.1, 0.15) is 17.5 Å². The lowest BCUT2D eigenvalue weighted by Gasteiger charge is -2.04. The number of hydrogen-bond acceptors (Lipinski definition) is 1. The zero-order valence-electron chi connectivity index (χ0n) is 9.51. The highest BCUT2D eigenvalue weighted by atomic mass is 19.1. The Hall–Kier alpha value is -2.10. The summed E-state index contributed by atoms with van der Waals surface area (Å²) in [5.41, 5.74) is 0.320. The van der Waals surface area contributed by atoms with Crippen LogP contribution in [0.4, 0.5) is 13.2 Å². The highest BCUT2D eigenvalue weighted by Crippen LogP contribution is 2.17. The molecule has 0 unspecified atom stereocenters. The number of aryl methyl sites for hydroxylation is 1. The van der Waals surface area contributed by atoms with Gasteiger partial charge in [0.15, 0.2) is 5.78 Å². The standard InChI is InChI=1S/C14H9F3O/c1-8-4-9(6-11(16)5-8)14(18)12-3-2-10(15)7-13(12)17/h2-7H,1H3. The van der Waals surface area contributed by atoms with Gasteiger partial charge in [-0.05, 0) is 42.8 Å². The maximum atomic E-state index is 13.4. The molecule has 0 N–H and O–H groups in total. The van der Waals surface area contributed by atoms with Crippen molar-refractivity contribution in [2.24, 2.45) is 0 Å². The fourth-order valence-corrected chi connectivity index (χ4v) is 1.70. The van der Waals surface area contributed by atoms with Crippen molar-refractivity contribution in [3.05, 3.63) is 70.5 Å². The van der Waals surface area contributed by atoms with E-state index in [2.05, 4.69) is 0 Å². The summed E-state index contributed by atoms with van der Waals surface area (Å²) in [5.74, 6) is -2.96. The van der Waals surface area contributed by atoms with Crippen molar-refractivity contribution < 1.29 is 18.0 Å². The summed E-state index contributed by atoms with van der Waals surface area (Å²) in [4.78, 5) is 12.0. The highest BCUT2D eigenvalue weighted by molar-refractivity contribution is 6.09. The maximum absolute atomic E-state index is 13.4. The Morgan fingerprint density at radius 1 is 0.944 bits per heavy atom. The molecule has 18 heavy (non-hydrogen) atoms. The molecule has 0 heterocycles. The molecule has 1 nitrogen and oxygen atoms in total. The number of ketones is 1. The predicted octanol–water partition coefficient (Wildman–Crippen LogP) is 3.64. The SMILES string of the molecule is Cc1cc(F)cc(C(=O)c2ccc(F)cc2F)c1. The Labute approximate surface area is 102 Å². The lowest BCUT2D eigenvalue weighted by molar-refractivity contribution is 0.103. The van der Waals surface area contributed by atoms with Gasteiger partial charge in [-0.2, -0.15) is 0 Å². The number of hydrogen-bond donors (Lipinski definition) is 0. The first-order valence-corrected chi connectivity index (χ1v) is 5.24. The molecule has 2 rings (SSSR count). The molecular weight excluding hydrogens is 241 g/mol. The summed E-state index contributed by atoms with van der Waals surface area (Å²) in [6.07, 6.45) is 0. The van der Waals surface area contributed by atoms with E-state index in [-0.39, 0.29) is 11.1 Å². The summed E-state index contributed by atoms with van der Waals surface area (Å²) >= 11 is 0. The second kappa shape index (κ2) is 4.64. The fraction of sp³-hybridized carbons (Fsp3) is 0.0714. The number of halogens is 3. The molecule has 0 aliphatic carbocycles. The molecule has 2 aromatic carbocycles. The lowest BCUT2D eigenvalue weighted by Crippen LogP contribution is -2.05. The molecule has 0 fully saturated rings. The van der Waals surface area contributed by atoms with Crippen molar-refractivity contribution in [2.75, 3.05) is 0 Å². The molecule has 0 aliphatic heterocycles. The van der Waals surface area contributed by atoms with Crippen molar-refractivity contribution in [2.45, 2.75) is 6.92 Å². The van der Waals surface area contributed by atoms with Crippen LogP contribution >= 0.6 is 0 Å². The van der Waals surface area contributed by atoms with Crippen molar-refractivity contribution >= 4 is 5.78 Å². The van der Waals surface area contributed by atoms with Crippen LogP contribution in [0.2, 0.25) is 0 Å². The number of benzene rings is 2. The molecule has 0 radical (unpaired) electrons. The molecule has 0 bridgehead atoms. The van der Waals surface area contributed by atoms with E-state index in [1.54, 1.807) is 6.92 Å². The first-order chi connectivity index (χ1) is 8.47. The van der Waals surface area contributed by atoms with E-state index < -0.39 is 23.2 Å². The van der Waals surface area contributed by atoms with Crippen LogP contribution in [0, 0.1) is 24.4 Å². The third-order valence-corrected chi connectivity index (χ3v) is 2.48. The van der Waals surface area contributed by atoms with E-state index in [4.69, 9.17) is 0 Å². The van der Waals surface area contributed by atoms with Crippen LogP contribution in [0.3, 0.4) is 0 Å². The second-order valence-corrected chi connectivity index (χ2v) is 3.97. The first kappa shape index (κ1) is 12.4. The van der Waals surface area contributed by atoms with Gasteiger partial charge in [-0.3, -0.25) is 4.79 Å². The van der Waals surface area contributed by atoms with Gasteiger partial charge in [0.2, 0.25) is 0 Å². The molecule has 0 atom stereocenters. The van der Waals surface area contributed by atoms with Gasteiger partial charge >= 0.3 is 0 Å². The smallest absolute Gasteiger partial charge is 0.196 e. The zero-order chi connectivity index (χ0) is 13.3. The van der Waals surface area contributed by atoms with Crippen LogP contribution in [-0.4, -0.2) is 5.78 Å². The van der Waals surface area contributed by atoms with Gasteiger partial charge in [-0.1, -0.05) is 0 Å². The molecule has 0 saturated carbocycles. The van der Waals surface area contributed by atoms with Gasteiger partial charge in [0, 0.05) is 11.6 Å². The van der Waals surface area contributed by atoms with Gasteiger partial charge in [0.05, 0.1) is 5.56 Å². The van der Waals surface area contributed by atoms with Gasteiger partial charge < -0.3 is 0 Å². The minimum absolute atomic E-state index is 0.0398. The van der Waals surface area contributed by atoms with Crippen molar-refractivity contribution in [3.63, 3.8) is 0 Å². The van der Waals surface area contributed by atoms with Gasteiger partial charge in [-0.15, -0.1) is 0 Å². The van der Waals surface area contributed by atoms with Gasteiger partial charge in [0.25, 0.3) is 0 Å². The van der Waals surface area contributed by atoms with E-state index >= 15 is 0 Å². The molecule has 4 heteroatoms. The average Bonchev–Trinajstić information content (AvgIpc) is 2.26. The van der Waals surface area contributed by atoms with E-state index in [9.17, 15) is 18.0 Å². The Kier molecular flexibility index (Phi) is 3.19. The van der Waals surface area contributed by atoms with Crippen LogP contribution in [0.1, 0.15) is 21.5 Å². The third-order valence-electron chi connectivity index (χ3n) is 2.48. The Morgan fingerprint density at radius 3 is 2.28 bits per heavy atom. The molecule has 2 aromatic rings. The average molecular weight is 250 g/mol. The highest BCUT2D eigenvalue weighted by Gasteiger charge is 2.15. The van der Waals surface area contributed by atoms with Crippen molar-refractivity contribution in [1.29, 1.82) is 0 Å². The van der Waals surface area contributed by atoms with Crippen LogP contribution in [0.5, 0.6) is 0 Å². The summed E-state index contributed by atoms with van der Waals surface area (Å²) in [6.45, 7) is 1.63. The largest absolute Gasteiger partial charge is 0.288 e. The predicted molar refractivity (Wildman–Crippen MR) is 60.9 cm³/mol. The molecule has 0 spiro atoms. The third kappa shape index (κ3) is 2.42. The zero-order valence-corrected chi connectivity index (χ0v) is 9.51. The fourth-order valence-electron chi connectivity index (χ4n) is 1.70. The molecule has 0 aromatic heterocycles. The van der Waals surface area contributed by atoms with Crippen molar-refractivity contribution in [3.8, 4) is 0 Å². The van der Waals surface area contributed by atoms with Gasteiger partial charge in [-0.25, -0.2) is 13.2 Å². The van der Waals surface area contributed by atoms with E-state index in [0.29, 0.717) is 11.6 Å². The summed E-state index contributed by atoms with van der Waals surface area (Å²) in [7, 11) is 0. The number of rotatable bonds is 2. The monoisotopic (exact) mass is 250 g/mol. The molecular formula is C14H9F3O. The number of carbonyl (C=O) groups excluding carboxylic acids is 1. The van der Waals surface area contributed by atoms with Crippen LogP contribution in [-0.2, 0) is 0 Å². The van der Waals surface area contributed by atoms with E-state index in [0.717, 1.165) is 18.2 Å². The normalized spacial score (nSPS) is 10.4. The molecule has 0 amide bonds. The molecule has 0 aliphatic rings.